The first-order valence-corrected chi connectivity index (χ1v) is 6.83. The Morgan fingerprint density at radius 1 is 1.19 bits per heavy atom. The van der Waals surface area contributed by atoms with E-state index in [1.54, 1.807) is 0 Å². The van der Waals surface area contributed by atoms with Gasteiger partial charge in [-0.15, -0.1) is 0 Å². The van der Waals surface area contributed by atoms with E-state index >= 15 is 0 Å². The van der Waals surface area contributed by atoms with Crippen molar-refractivity contribution in [2.45, 2.75) is 64.3 Å². The van der Waals surface area contributed by atoms with Crippen molar-refractivity contribution in [2.75, 3.05) is 13.1 Å². The van der Waals surface area contributed by atoms with Crippen LogP contribution in [0, 0.1) is 0 Å². The molecule has 0 atom stereocenters. The zero-order valence-corrected chi connectivity index (χ0v) is 10.6. The van der Waals surface area contributed by atoms with Crippen LogP contribution < -0.4 is 10.6 Å². The second kappa shape index (κ2) is 8.57. The van der Waals surface area contributed by atoms with Gasteiger partial charge in [-0.2, -0.15) is 0 Å². The molecule has 16 heavy (non-hydrogen) atoms. The first-order chi connectivity index (χ1) is 7.83. The Bertz CT molecular complexity index is 186. The molecule has 1 amide bonds. The van der Waals surface area contributed by atoms with Crippen LogP contribution in [-0.2, 0) is 4.79 Å². The maximum Gasteiger partial charge on any atom is 0.234 e. The summed E-state index contributed by atoms with van der Waals surface area (Å²) in [4.78, 5) is 11.6. The molecule has 0 aromatic rings. The summed E-state index contributed by atoms with van der Waals surface area (Å²) < 4.78 is 0. The molecule has 0 aromatic carbocycles. The Balaban J connectivity index is 2.07. The Hall–Kier alpha value is -0.570. The third-order valence-corrected chi connectivity index (χ3v) is 3.21. The van der Waals surface area contributed by atoms with Crippen molar-refractivity contribution in [3.05, 3.63) is 0 Å². The summed E-state index contributed by atoms with van der Waals surface area (Å²) in [6, 6.07) is 0.433. The summed E-state index contributed by atoms with van der Waals surface area (Å²) in [6.45, 7) is 3.60. The van der Waals surface area contributed by atoms with Gasteiger partial charge in [0, 0.05) is 6.04 Å². The van der Waals surface area contributed by atoms with Crippen molar-refractivity contribution in [3.63, 3.8) is 0 Å². The third-order valence-electron chi connectivity index (χ3n) is 3.21. The highest BCUT2D eigenvalue weighted by Crippen LogP contribution is 2.16. The van der Waals surface area contributed by atoms with Crippen molar-refractivity contribution in [3.8, 4) is 0 Å². The van der Waals surface area contributed by atoms with Gasteiger partial charge in [-0.25, -0.2) is 0 Å². The lowest BCUT2D eigenvalue weighted by Crippen LogP contribution is -2.40. The largest absolute Gasteiger partial charge is 0.352 e. The zero-order valence-electron chi connectivity index (χ0n) is 10.6. The first kappa shape index (κ1) is 13.5. The second-order valence-corrected chi connectivity index (χ2v) is 4.79. The van der Waals surface area contributed by atoms with Gasteiger partial charge in [0.1, 0.15) is 0 Å². The van der Waals surface area contributed by atoms with Crippen molar-refractivity contribution in [1.82, 2.24) is 10.6 Å². The fraction of sp³-hybridized carbons (Fsp3) is 0.923. The molecule has 0 radical (unpaired) electrons. The molecular formula is C13H26N2O. The lowest BCUT2D eigenvalue weighted by Gasteiger charge is -2.16. The lowest BCUT2D eigenvalue weighted by atomic mass is 10.1. The summed E-state index contributed by atoms with van der Waals surface area (Å²) in [6.07, 6.45) is 9.88. The molecule has 1 fully saturated rings. The van der Waals surface area contributed by atoms with Crippen LogP contribution in [0.1, 0.15) is 58.3 Å². The third kappa shape index (κ3) is 6.11. The maximum atomic E-state index is 11.6. The normalized spacial score (nSPS) is 18.1. The van der Waals surface area contributed by atoms with Crippen molar-refractivity contribution >= 4 is 5.91 Å². The fourth-order valence-electron chi connectivity index (χ4n) is 2.21. The number of hydrogen-bond acceptors (Lipinski definition) is 2. The molecule has 0 heterocycles. The maximum absolute atomic E-state index is 11.6. The minimum atomic E-state index is 0.169. The summed E-state index contributed by atoms with van der Waals surface area (Å²) >= 11 is 0. The molecule has 94 valence electrons. The number of amides is 1. The molecule has 1 aliphatic rings. The predicted molar refractivity (Wildman–Crippen MR) is 67.4 cm³/mol. The Morgan fingerprint density at radius 3 is 2.50 bits per heavy atom. The average Bonchev–Trinajstić information content (AvgIpc) is 2.53. The SMILES string of the molecule is CCCCNCC(=O)NC1CCCCCC1. The molecule has 0 aliphatic heterocycles. The topological polar surface area (TPSA) is 41.1 Å². The van der Waals surface area contributed by atoms with Crippen LogP contribution in [0.3, 0.4) is 0 Å². The first-order valence-electron chi connectivity index (χ1n) is 6.83. The minimum Gasteiger partial charge on any atom is -0.352 e. The zero-order chi connectivity index (χ0) is 11.6. The van der Waals surface area contributed by atoms with E-state index in [0.717, 1.165) is 13.0 Å². The number of hydrogen-bond donors (Lipinski definition) is 2. The van der Waals surface area contributed by atoms with Gasteiger partial charge in [0.25, 0.3) is 0 Å². The van der Waals surface area contributed by atoms with Crippen LogP contribution in [0.4, 0.5) is 0 Å². The number of carbonyl (C=O) groups excluding carboxylic acids is 1. The van der Waals surface area contributed by atoms with E-state index in [4.69, 9.17) is 0 Å². The van der Waals surface area contributed by atoms with Gasteiger partial charge in [0.2, 0.25) is 5.91 Å². The second-order valence-electron chi connectivity index (χ2n) is 4.79. The van der Waals surface area contributed by atoms with Crippen molar-refractivity contribution in [1.29, 1.82) is 0 Å². The molecule has 1 saturated carbocycles. The molecular weight excluding hydrogens is 200 g/mol. The van der Waals surface area contributed by atoms with Gasteiger partial charge in [-0.05, 0) is 25.8 Å². The van der Waals surface area contributed by atoms with Gasteiger partial charge in [-0.3, -0.25) is 4.79 Å². The molecule has 0 aromatic heterocycles. The Kier molecular flexibility index (Phi) is 7.23. The van der Waals surface area contributed by atoms with Crippen LogP contribution in [0.25, 0.3) is 0 Å². The van der Waals surface area contributed by atoms with E-state index < -0.39 is 0 Å². The van der Waals surface area contributed by atoms with E-state index in [0.29, 0.717) is 12.6 Å². The van der Waals surface area contributed by atoms with Crippen LogP contribution in [0.5, 0.6) is 0 Å². The Morgan fingerprint density at radius 2 is 1.88 bits per heavy atom. The highest BCUT2D eigenvalue weighted by molar-refractivity contribution is 5.78. The summed E-state index contributed by atoms with van der Waals surface area (Å²) in [5, 5.41) is 6.31. The van der Waals surface area contributed by atoms with E-state index in [1.165, 1.54) is 44.9 Å². The number of nitrogens with one attached hydrogen (secondary N) is 2. The molecule has 0 spiro atoms. The number of unbranched alkanes of at least 4 members (excludes halogenated alkanes) is 1. The van der Waals surface area contributed by atoms with Crippen LogP contribution >= 0.6 is 0 Å². The standard InChI is InChI=1S/C13H26N2O/c1-2-3-10-14-11-13(16)15-12-8-6-4-5-7-9-12/h12,14H,2-11H2,1H3,(H,15,16). The number of carbonyl (C=O) groups is 1. The molecule has 2 N–H and O–H groups in total. The van der Waals surface area contributed by atoms with Gasteiger partial charge in [0.05, 0.1) is 6.54 Å². The van der Waals surface area contributed by atoms with Gasteiger partial charge < -0.3 is 10.6 Å². The molecule has 3 nitrogen and oxygen atoms in total. The number of rotatable bonds is 6. The summed E-state index contributed by atoms with van der Waals surface area (Å²) in [5.74, 6) is 0.169. The molecule has 0 bridgehead atoms. The summed E-state index contributed by atoms with van der Waals surface area (Å²) in [5.41, 5.74) is 0. The predicted octanol–water partition coefficient (Wildman–Crippen LogP) is 2.22. The fourth-order valence-corrected chi connectivity index (χ4v) is 2.21. The van der Waals surface area contributed by atoms with Crippen LogP contribution in [0.15, 0.2) is 0 Å². The quantitative estimate of drug-likeness (QED) is 0.538. The molecule has 1 rings (SSSR count). The van der Waals surface area contributed by atoms with E-state index in [1.807, 2.05) is 0 Å². The average molecular weight is 226 g/mol. The molecule has 0 unspecified atom stereocenters. The van der Waals surface area contributed by atoms with Crippen LogP contribution in [0.2, 0.25) is 0 Å². The summed E-state index contributed by atoms with van der Waals surface area (Å²) in [7, 11) is 0. The molecule has 3 heteroatoms. The smallest absolute Gasteiger partial charge is 0.234 e. The van der Waals surface area contributed by atoms with Crippen LogP contribution in [-0.4, -0.2) is 25.0 Å². The molecule has 0 saturated heterocycles. The van der Waals surface area contributed by atoms with Crippen molar-refractivity contribution < 1.29 is 4.79 Å². The minimum absolute atomic E-state index is 0.169. The highest BCUT2D eigenvalue weighted by atomic mass is 16.1. The molecule has 1 aliphatic carbocycles. The van der Waals surface area contributed by atoms with Crippen molar-refractivity contribution in [2.24, 2.45) is 0 Å². The van der Waals surface area contributed by atoms with Gasteiger partial charge in [-0.1, -0.05) is 39.0 Å². The lowest BCUT2D eigenvalue weighted by molar-refractivity contribution is -0.121. The van der Waals surface area contributed by atoms with E-state index in [2.05, 4.69) is 17.6 Å². The van der Waals surface area contributed by atoms with Gasteiger partial charge >= 0.3 is 0 Å². The van der Waals surface area contributed by atoms with E-state index in [-0.39, 0.29) is 5.91 Å². The highest BCUT2D eigenvalue weighted by Gasteiger charge is 2.13. The Labute approximate surface area is 99.4 Å². The van der Waals surface area contributed by atoms with E-state index in [9.17, 15) is 4.79 Å². The monoisotopic (exact) mass is 226 g/mol. The van der Waals surface area contributed by atoms with Gasteiger partial charge in [0.15, 0.2) is 0 Å².